The summed E-state index contributed by atoms with van der Waals surface area (Å²) in [7, 11) is 0. The maximum Gasteiger partial charge on any atom is 0.164 e. The number of nitrogens with zero attached hydrogens (tertiary/aromatic N) is 3. The van der Waals surface area contributed by atoms with Gasteiger partial charge in [0.05, 0.1) is 0 Å². The second-order valence-electron chi connectivity index (χ2n) is 16.4. The van der Waals surface area contributed by atoms with Crippen LogP contribution in [0.25, 0.3) is 69.1 Å². The van der Waals surface area contributed by atoms with Crippen LogP contribution in [0.1, 0.15) is 118 Å². The first-order valence-electron chi connectivity index (χ1n) is 21.6. The van der Waals surface area contributed by atoms with E-state index in [1.54, 1.807) is 0 Å². The highest BCUT2D eigenvalue weighted by Gasteiger charge is 2.28. The molecule has 0 aliphatic heterocycles. The number of furan rings is 1. The summed E-state index contributed by atoms with van der Waals surface area (Å²) in [6.07, 6.45) is 36.5. The first-order chi connectivity index (χ1) is 28.9. The monoisotopic (exact) mass is 771 g/mol. The molecule has 2 heterocycles. The molecule has 0 radical (unpaired) electrons. The summed E-state index contributed by atoms with van der Waals surface area (Å²) in [5.74, 6) is 3.54. The van der Waals surface area contributed by atoms with Crippen LogP contribution in [0.4, 0.5) is 0 Å². The van der Waals surface area contributed by atoms with Gasteiger partial charge in [0.2, 0.25) is 0 Å². The van der Waals surface area contributed by atoms with Gasteiger partial charge in [-0.25, -0.2) is 15.0 Å². The second-order valence-corrected chi connectivity index (χ2v) is 16.4. The van der Waals surface area contributed by atoms with Crippen molar-refractivity contribution >= 4 is 35.5 Å². The molecule has 5 aromatic rings. The molecule has 0 spiro atoms. The van der Waals surface area contributed by atoms with Gasteiger partial charge < -0.3 is 4.42 Å². The molecule has 1 unspecified atom stereocenters. The third kappa shape index (κ3) is 7.20. The number of fused-ring (bicyclic) bond motifs is 2. The van der Waals surface area contributed by atoms with Crippen LogP contribution < -0.4 is 10.6 Å². The van der Waals surface area contributed by atoms with Crippen molar-refractivity contribution in [2.45, 2.75) is 85.5 Å². The Labute approximate surface area is 349 Å². The molecule has 2 aromatic heterocycles. The molecule has 0 saturated heterocycles. The third-order valence-electron chi connectivity index (χ3n) is 12.4. The molecule has 294 valence electrons. The van der Waals surface area contributed by atoms with Crippen molar-refractivity contribution < 1.29 is 4.42 Å². The van der Waals surface area contributed by atoms with Crippen molar-refractivity contribution in [3.8, 4) is 33.6 Å². The number of rotatable bonds is 8. The minimum Gasteiger partial charge on any atom is -0.456 e. The van der Waals surface area contributed by atoms with E-state index >= 15 is 0 Å². The molecule has 0 N–H and O–H groups in total. The van der Waals surface area contributed by atoms with Gasteiger partial charge in [-0.2, -0.15) is 0 Å². The Morgan fingerprint density at radius 2 is 1.46 bits per heavy atom. The zero-order valence-electron chi connectivity index (χ0n) is 35.1. The summed E-state index contributed by atoms with van der Waals surface area (Å²) in [6, 6.07) is 19.7. The highest BCUT2D eigenvalue weighted by atomic mass is 16.3. The zero-order valence-corrected chi connectivity index (χ0v) is 35.1. The minimum atomic E-state index is 0.281. The predicted molar refractivity (Wildman–Crippen MR) is 248 cm³/mol. The van der Waals surface area contributed by atoms with E-state index in [-0.39, 0.29) is 5.92 Å². The average molecular weight is 772 g/mol. The molecule has 4 aliphatic carbocycles. The van der Waals surface area contributed by atoms with Gasteiger partial charge >= 0.3 is 0 Å². The first-order valence-corrected chi connectivity index (χ1v) is 21.6. The Morgan fingerprint density at radius 3 is 2.14 bits per heavy atom. The Balaban J connectivity index is 1.28. The molecule has 0 bridgehead atoms. The molecule has 59 heavy (non-hydrogen) atoms. The lowest BCUT2D eigenvalue weighted by atomic mass is 9.75. The summed E-state index contributed by atoms with van der Waals surface area (Å²) >= 11 is 0. The van der Waals surface area contributed by atoms with Gasteiger partial charge in [0.25, 0.3) is 0 Å². The van der Waals surface area contributed by atoms with Gasteiger partial charge in [0.1, 0.15) is 11.2 Å². The lowest BCUT2D eigenvalue weighted by molar-refractivity contribution is 0.514. The Bertz CT molecular complexity index is 2800. The van der Waals surface area contributed by atoms with Crippen LogP contribution in [-0.4, -0.2) is 15.0 Å². The number of allylic oxidation sites excluding steroid dienone is 11. The minimum absolute atomic E-state index is 0.281. The maximum atomic E-state index is 6.72. The molecular formula is C55H53N3O. The molecule has 4 aliphatic rings. The first kappa shape index (κ1) is 38.4. The van der Waals surface area contributed by atoms with Crippen molar-refractivity contribution in [2.75, 3.05) is 0 Å². The van der Waals surface area contributed by atoms with Crippen LogP contribution in [0, 0.1) is 5.92 Å². The summed E-state index contributed by atoms with van der Waals surface area (Å²) < 4.78 is 6.72. The van der Waals surface area contributed by atoms with E-state index in [1.165, 1.54) is 50.1 Å². The normalized spacial score (nSPS) is 18.0. The van der Waals surface area contributed by atoms with Crippen LogP contribution in [0.3, 0.4) is 0 Å². The fourth-order valence-corrected chi connectivity index (χ4v) is 9.58. The standard InChI is InChI=1S/C55H53N3O/c1-6-20-48-49(35(3)4)41(7-2)52(59-48)36(5)53-56-54(40-33-31-38(32-34-40)37-21-10-8-11-22-37)58-55(57-53)47-30-19-18-29-46(47)51-44-27-16-14-25-42(44)50(39-23-12-9-13-24-39)43-26-15-17-28-45(43)51/h6-10,12-14,17-21,23-25,28-31,33-35,38H,11,15-16,22,26-27,32H2,1-5H3/b20-6-,41-7-,52-36-. The van der Waals surface area contributed by atoms with Gasteiger partial charge in [-0.05, 0) is 122 Å². The number of hydrogen-bond acceptors (Lipinski definition) is 4. The second kappa shape index (κ2) is 16.6. The number of benzene rings is 3. The van der Waals surface area contributed by atoms with Gasteiger partial charge in [-0.3, -0.25) is 0 Å². The lowest BCUT2D eigenvalue weighted by Gasteiger charge is -2.28. The number of aromatic nitrogens is 3. The molecule has 0 amide bonds. The topological polar surface area (TPSA) is 51.8 Å². The van der Waals surface area contributed by atoms with Crippen LogP contribution in [0.2, 0.25) is 0 Å². The quantitative estimate of drug-likeness (QED) is 0.158. The molecule has 4 nitrogen and oxygen atoms in total. The van der Waals surface area contributed by atoms with E-state index in [1.807, 2.05) is 13.0 Å². The Morgan fingerprint density at radius 1 is 0.763 bits per heavy atom. The smallest absolute Gasteiger partial charge is 0.164 e. The van der Waals surface area contributed by atoms with Gasteiger partial charge in [0.15, 0.2) is 17.5 Å². The molecule has 0 fully saturated rings. The van der Waals surface area contributed by atoms with E-state index < -0.39 is 0 Å². The van der Waals surface area contributed by atoms with E-state index in [0.29, 0.717) is 23.4 Å². The SMILES string of the molecule is C/C=C\c1oc(=C(/C)c2nc(C3=CCC(C4=CC=CCC4)C=C3)nc(-c3ccccc3-c3c4c(c(-c5ccccc5)c5c3CCC=C5)CCC=C4)n2)/c(=C\C)c1C(C)C. The van der Waals surface area contributed by atoms with Crippen molar-refractivity contribution in [3.63, 3.8) is 0 Å². The van der Waals surface area contributed by atoms with E-state index in [9.17, 15) is 0 Å². The Kier molecular flexibility index (Phi) is 10.8. The third-order valence-corrected chi connectivity index (χ3v) is 12.4. The predicted octanol–water partition coefficient (Wildman–Crippen LogP) is 12.8. The fraction of sp³-hybridized carbons (Fsp3) is 0.255. The average Bonchev–Trinajstić information content (AvgIpc) is 3.67. The summed E-state index contributed by atoms with van der Waals surface area (Å²) in [6.45, 7) is 10.7. The zero-order chi connectivity index (χ0) is 40.5. The maximum absolute atomic E-state index is 6.72. The highest BCUT2D eigenvalue weighted by molar-refractivity contribution is 5.96. The van der Waals surface area contributed by atoms with Gasteiger partial charge in [0, 0.05) is 33.4 Å². The van der Waals surface area contributed by atoms with Gasteiger partial charge in [-0.15, -0.1) is 0 Å². The molecular weight excluding hydrogens is 719 g/mol. The summed E-state index contributed by atoms with van der Waals surface area (Å²) in [5.41, 5.74) is 17.0. The molecule has 1 atom stereocenters. The summed E-state index contributed by atoms with van der Waals surface area (Å²) in [4.78, 5) is 16.0. The molecule has 0 saturated carbocycles. The van der Waals surface area contributed by atoms with Crippen molar-refractivity contribution in [1.82, 2.24) is 15.0 Å². The van der Waals surface area contributed by atoms with Crippen LogP contribution >= 0.6 is 0 Å². The number of hydrogen-bond donors (Lipinski definition) is 0. The summed E-state index contributed by atoms with van der Waals surface area (Å²) in [5, 5.41) is 1.10. The molecule has 9 rings (SSSR count). The molecule has 3 aromatic carbocycles. The van der Waals surface area contributed by atoms with Crippen molar-refractivity contribution in [2.24, 2.45) is 5.92 Å². The largest absolute Gasteiger partial charge is 0.456 e. The molecule has 4 heteroatoms. The van der Waals surface area contributed by atoms with Crippen LogP contribution in [0.15, 0.2) is 119 Å². The van der Waals surface area contributed by atoms with Crippen LogP contribution in [-0.2, 0) is 12.8 Å². The van der Waals surface area contributed by atoms with Gasteiger partial charge in [-0.1, -0.05) is 147 Å². The van der Waals surface area contributed by atoms with Crippen LogP contribution in [0.5, 0.6) is 0 Å². The van der Waals surface area contributed by atoms with Crippen molar-refractivity contribution in [1.29, 1.82) is 0 Å². The van der Waals surface area contributed by atoms with E-state index in [2.05, 4.69) is 155 Å². The van der Waals surface area contributed by atoms with E-state index in [4.69, 9.17) is 19.4 Å². The Hall–Kier alpha value is -6.13. The fourth-order valence-electron chi connectivity index (χ4n) is 9.58. The highest BCUT2D eigenvalue weighted by Crippen LogP contribution is 2.47. The van der Waals surface area contributed by atoms with Crippen molar-refractivity contribution in [3.05, 3.63) is 171 Å². The van der Waals surface area contributed by atoms with E-state index in [0.717, 1.165) is 83.6 Å². The lowest BCUT2D eigenvalue weighted by Crippen LogP contribution is -2.26.